The predicted octanol–water partition coefficient (Wildman–Crippen LogP) is -2.46. The molecule has 3 rings (SSSR count). The number of nitrogens with two attached hydrogens (primary N) is 3. The van der Waals surface area contributed by atoms with Crippen molar-refractivity contribution in [2.45, 2.75) is 31.3 Å². The molecule has 0 saturated heterocycles. The fourth-order valence-corrected chi connectivity index (χ4v) is 3.55. The smallest absolute Gasteiger partial charge is 0.268 e. The number of aliphatic imine (C=N–C) groups is 1. The molecule has 0 bridgehead atoms. The van der Waals surface area contributed by atoms with Crippen LogP contribution in [-0.4, -0.2) is 47.3 Å². The van der Waals surface area contributed by atoms with Crippen LogP contribution in [0.2, 0.25) is 0 Å². The van der Waals surface area contributed by atoms with Crippen molar-refractivity contribution in [3.05, 3.63) is 71.9 Å². The van der Waals surface area contributed by atoms with Crippen LogP contribution in [0.15, 0.2) is 65.7 Å². The Bertz CT molecular complexity index is 1140. The quantitative estimate of drug-likeness (QED) is 0.0971. The Kier molecular flexibility index (Phi) is 10.1. The van der Waals surface area contributed by atoms with Crippen molar-refractivity contribution >= 4 is 34.6 Å². The Morgan fingerprint density at radius 1 is 0.914 bits per heavy atom. The third kappa shape index (κ3) is 8.04. The van der Waals surface area contributed by atoms with Gasteiger partial charge in [-0.1, -0.05) is 48.5 Å². The van der Waals surface area contributed by atoms with Crippen molar-refractivity contribution < 1.29 is 26.8 Å². The number of carbonyl (C=O) groups is 3. The zero-order chi connectivity index (χ0) is 24.5. The van der Waals surface area contributed by atoms with E-state index in [1.807, 2.05) is 54.6 Å². The van der Waals surface area contributed by atoms with Gasteiger partial charge in [-0.15, -0.1) is 0 Å². The lowest BCUT2D eigenvalue weighted by Gasteiger charge is -2.22. The van der Waals surface area contributed by atoms with Crippen molar-refractivity contribution in [2.24, 2.45) is 22.2 Å². The summed E-state index contributed by atoms with van der Waals surface area (Å²) in [5.74, 6) is -1.69. The number of hydrogen-bond acceptors (Lipinski definition) is 4. The lowest BCUT2D eigenvalue weighted by molar-refractivity contribution is -0.128. The van der Waals surface area contributed by atoms with Gasteiger partial charge in [0.25, 0.3) is 5.91 Å². The van der Waals surface area contributed by atoms with Crippen molar-refractivity contribution in [1.29, 1.82) is 0 Å². The van der Waals surface area contributed by atoms with E-state index in [9.17, 15) is 14.4 Å². The lowest BCUT2D eigenvalue weighted by Crippen LogP contribution is -3.00. The largest absolute Gasteiger partial charge is 1.00 e. The molecule has 3 amide bonds. The van der Waals surface area contributed by atoms with Gasteiger partial charge in [0.1, 0.15) is 17.8 Å². The summed E-state index contributed by atoms with van der Waals surface area (Å²) in [5, 5.41) is 6.29. The molecule has 1 heterocycles. The van der Waals surface area contributed by atoms with Gasteiger partial charge in [-0.05, 0) is 30.5 Å². The van der Waals surface area contributed by atoms with Gasteiger partial charge < -0.3 is 45.2 Å². The maximum absolute atomic E-state index is 13.1. The minimum absolute atomic E-state index is 0. The first-order valence-corrected chi connectivity index (χ1v) is 10.9. The van der Waals surface area contributed by atoms with Crippen molar-refractivity contribution in [1.82, 2.24) is 15.6 Å². The summed E-state index contributed by atoms with van der Waals surface area (Å²) in [6.07, 6.45) is 0.924. The molecule has 35 heavy (non-hydrogen) atoms. The maximum atomic E-state index is 13.1. The molecule has 3 aromatic rings. The van der Waals surface area contributed by atoms with Crippen LogP contribution >= 0.6 is 0 Å². The van der Waals surface area contributed by atoms with E-state index in [1.54, 1.807) is 6.07 Å². The highest BCUT2D eigenvalue weighted by Gasteiger charge is 2.26. The Morgan fingerprint density at radius 2 is 1.60 bits per heavy atom. The van der Waals surface area contributed by atoms with Crippen LogP contribution in [0.25, 0.3) is 10.9 Å². The number of aromatic amines is 1. The Hall–Kier alpha value is -4.05. The van der Waals surface area contributed by atoms with E-state index in [4.69, 9.17) is 17.2 Å². The normalized spacial score (nSPS) is 12.1. The van der Waals surface area contributed by atoms with E-state index in [0.29, 0.717) is 12.1 Å². The molecular formula is C24H29ClN7O3-. The molecule has 2 aromatic carbocycles. The van der Waals surface area contributed by atoms with Gasteiger partial charge in [0.05, 0.1) is 0 Å². The van der Waals surface area contributed by atoms with Crippen molar-refractivity contribution in [2.75, 3.05) is 6.54 Å². The van der Waals surface area contributed by atoms with Gasteiger partial charge in [0.2, 0.25) is 11.8 Å². The molecule has 9 N–H and O–H groups in total. The molecule has 2 atom stereocenters. The number of halogens is 1. The Morgan fingerprint density at radius 3 is 2.26 bits per heavy atom. The number of fused-ring (bicyclic) bond motifs is 1. The van der Waals surface area contributed by atoms with Gasteiger partial charge in [0.15, 0.2) is 5.96 Å². The fraction of sp³-hybridized carbons (Fsp3) is 0.250. The second-order valence-corrected chi connectivity index (χ2v) is 7.90. The van der Waals surface area contributed by atoms with Crippen LogP contribution in [0.4, 0.5) is 0 Å². The van der Waals surface area contributed by atoms with Crippen molar-refractivity contribution in [3.63, 3.8) is 0 Å². The molecule has 0 aliphatic carbocycles. The van der Waals surface area contributed by atoms with Crippen LogP contribution in [0, 0.1) is 0 Å². The number of H-pyrrole nitrogens is 1. The molecule has 1 aromatic heterocycles. The summed E-state index contributed by atoms with van der Waals surface area (Å²) < 4.78 is 0. The third-order valence-electron chi connectivity index (χ3n) is 5.28. The number of guanidine groups is 1. The molecular weight excluding hydrogens is 470 g/mol. The van der Waals surface area contributed by atoms with E-state index >= 15 is 0 Å². The van der Waals surface area contributed by atoms with E-state index in [1.165, 1.54) is 0 Å². The lowest BCUT2D eigenvalue weighted by atomic mass is 10.0. The molecule has 11 heteroatoms. The van der Waals surface area contributed by atoms with Crippen LogP contribution in [0.5, 0.6) is 0 Å². The second kappa shape index (κ2) is 13.0. The highest BCUT2D eigenvalue weighted by molar-refractivity contribution is 6.00. The molecule has 186 valence electrons. The summed E-state index contributed by atoms with van der Waals surface area (Å²) >= 11 is 0. The van der Waals surface area contributed by atoms with E-state index in [0.717, 1.165) is 16.5 Å². The molecule has 0 aliphatic rings. The van der Waals surface area contributed by atoms with Crippen LogP contribution in [0.1, 0.15) is 28.9 Å². The highest BCUT2D eigenvalue weighted by atomic mass is 35.5. The first kappa shape index (κ1) is 27.2. The molecule has 0 aliphatic heterocycles. The minimum Gasteiger partial charge on any atom is -1.00 e. The van der Waals surface area contributed by atoms with Crippen LogP contribution in [-0.2, 0) is 16.0 Å². The highest BCUT2D eigenvalue weighted by Crippen LogP contribution is 2.15. The number of benzene rings is 2. The number of amides is 3. The van der Waals surface area contributed by atoms with Crippen molar-refractivity contribution in [3.8, 4) is 0 Å². The second-order valence-electron chi connectivity index (χ2n) is 7.90. The zero-order valence-corrected chi connectivity index (χ0v) is 19.8. The topological polar surface area (TPSA) is 181 Å². The maximum Gasteiger partial charge on any atom is 0.268 e. The van der Waals surface area contributed by atoms with E-state index < -0.39 is 29.8 Å². The van der Waals surface area contributed by atoms with Gasteiger partial charge in [-0.3, -0.25) is 19.4 Å². The Balaban J connectivity index is 0.00000432. The third-order valence-corrected chi connectivity index (χ3v) is 5.28. The summed E-state index contributed by atoms with van der Waals surface area (Å²) in [4.78, 5) is 45.0. The first-order chi connectivity index (χ1) is 16.3. The molecule has 0 saturated carbocycles. The van der Waals surface area contributed by atoms with Gasteiger partial charge in [-0.25, -0.2) is 0 Å². The molecule has 0 spiro atoms. The average molecular weight is 499 g/mol. The number of primary amides is 1. The molecule has 0 radical (unpaired) electrons. The molecule has 0 fully saturated rings. The Labute approximate surface area is 209 Å². The minimum atomic E-state index is -0.930. The fourth-order valence-electron chi connectivity index (χ4n) is 3.55. The summed E-state index contributed by atoms with van der Waals surface area (Å²) in [6, 6.07) is 16.5. The van der Waals surface area contributed by atoms with E-state index in [-0.39, 0.29) is 37.8 Å². The molecule has 0 unspecified atom stereocenters. The standard InChI is InChI=1S/C24H29N7O3.ClH/c25-21(32)19(13-15-7-2-1-3-8-15)31-22(33)18(11-6-12-28-24(26)27)30-23(34)20-14-16-9-4-5-10-17(16)29-20;/h1-5,7-10,14,18-19,29H,6,11-13H2,(H2,25,32)(H,30,34)(H,31,33)(H4,26,27,28);1H/p-1/t18-,19-;/m0./s1. The number of nitrogens with zero attached hydrogens (tertiary/aromatic N) is 1. The zero-order valence-electron chi connectivity index (χ0n) is 19.0. The number of aromatic nitrogens is 1. The van der Waals surface area contributed by atoms with Gasteiger partial charge >= 0.3 is 0 Å². The summed E-state index contributed by atoms with van der Waals surface area (Å²) in [6.45, 7) is 0.289. The predicted molar refractivity (Wildman–Crippen MR) is 131 cm³/mol. The van der Waals surface area contributed by atoms with E-state index in [2.05, 4.69) is 20.6 Å². The number of rotatable bonds is 11. The number of para-hydroxylation sites is 1. The summed E-state index contributed by atoms with van der Waals surface area (Å²) in [7, 11) is 0. The van der Waals surface area contributed by atoms with Crippen LogP contribution in [0.3, 0.4) is 0 Å². The van der Waals surface area contributed by atoms with Gasteiger partial charge in [-0.2, -0.15) is 0 Å². The number of hydrogen-bond donors (Lipinski definition) is 6. The number of nitrogens with one attached hydrogen (secondary N) is 3. The monoisotopic (exact) mass is 498 g/mol. The number of carbonyl (C=O) groups excluding carboxylic acids is 3. The first-order valence-electron chi connectivity index (χ1n) is 10.9. The summed E-state index contributed by atoms with van der Waals surface area (Å²) in [5.41, 5.74) is 18.2. The molecule has 10 nitrogen and oxygen atoms in total. The van der Waals surface area contributed by atoms with Gasteiger partial charge in [0, 0.05) is 23.9 Å². The van der Waals surface area contributed by atoms with Crippen LogP contribution < -0.4 is 40.2 Å². The SMILES string of the molecule is NC(=O)[C@H](Cc1ccccc1)NC(=O)[C@H](CCCN=C(N)N)NC(=O)c1cc2ccccc2[nH]1.[Cl-]. The average Bonchev–Trinajstić information content (AvgIpc) is 3.25.